The number of aryl methyl sites for hydroxylation is 1. The van der Waals surface area contributed by atoms with Crippen molar-refractivity contribution >= 4 is 5.91 Å². The summed E-state index contributed by atoms with van der Waals surface area (Å²) in [6.07, 6.45) is 6.40. The SMILES string of the molecule is Cc1cnc(CNC(=O)[C@H]2CCCNCC2)cn1. The summed E-state index contributed by atoms with van der Waals surface area (Å²) in [5.41, 5.74) is 1.70. The van der Waals surface area contributed by atoms with E-state index in [1.165, 1.54) is 0 Å². The van der Waals surface area contributed by atoms with Crippen LogP contribution in [0, 0.1) is 12.8 Å². The molecule has 0 saturated carbocycles. The van der Waals surface area contributed by atoms with E-state index < -0.39 is 0 Å². The van der Waals surface area contributed by atoms with Gasteiger partial charge in [0.1, 0.15) is 0 Å². The highest BCUT2D eigenvalue weighted by Crippen LogP contribution is 2.13. The van der Waals surface area contributed by atoms with Crippen molar-refractivity contribution in [3.8, 4) is 0 Å². The van der Waals surface area contributed by atoms with Crippen LogP contribution in [0.1, 0.15) is 30.7 Å². The Morgan fingerprint density at radius 1 is 1.39 bits per heavy atom. The molecule has 1 aromatic rings. The topological polar surface area (TPSA) is 66.9 Å². The molecule has 1 amide bonds. The minimum Gasteiger partial charge on any atom is -0.350 e. The minimum absolute atomic E-state index is 0.137. The van der Waals surface area contributed by atoms with Crippen LogP contribution in [0.3, 0.4) is 0 Å². The Balaban J connectivity index is 1.81. The summed E-state index contributed by atoms with van der Waals surface area (Å²) in [6, 6.07) is 0. The summed E-state index contributed by atoms with van der Waals surface area (Å²) in [4.78, 5) is 20.4. The number of carbonyl (C=O) groups excluding carboxylic acids is 1. The van der Waals surface area contributed by atoms with E-state index in [9.17, 15) is 4.79 Å². The van der Waals surface area contributed by atoms with Crippen LogP contribution in [-0.4, -0.2) is 29.0 Å². The lowest BCUT2D eigenvalue weighted by molar-refractivity contribution is -0.125. The molecule has 0 unspecified atom stereocenters. The number of nitrogens with one attached hydrogen (secondary N) is 2. The van der Waals surface area contributed by atoms with Crippen molar-refractivity contribution in [1.29, 1.82) is 0 Å². The van der Waals surface area contributed by atoms with Gasteiger partial charge in [-0.1, -0.05) is 0 Å². The van der Waals surface area contributed by atoms with Gasteiger partial charge in [0, 0.05) is 12.1 Å². The molecule has 98 valence electrons. The van der Waals surface area contributed by atoms with Crippen LogP contribution in [0.25, 0.3) is 0 Å². The Kier molecular flexibility index (Phi) is 4.64. The minimum atomic E-state index is 0.137. The largest absolute Gasteiger partial charge is 0.350 e. The van der Waals surface area contributed by atoms with Crippen LogP contribution in [0.4, 0.5) is 0 Å². The zero-order valence-corrected chi connectivity index (χ0v) is 10.8. The van der Waals surface area contributed by atoms with E-state index in [0.717, 1.165) is 43.7 Å². The lowest BCUT2D eigenvalue weighted by Gasteiger charge is -2.13. The van der Waals surface area contributed by atoms with Crippen molar-refractivity contribution in [2.45, 2.75) is 32.7 Å². The Bertz CT molecular complexity index is 382. The summed E-state index contributed by atoms with van der Waals surface area (Å²) in [5.74, 6) is 0.277. The van der Waals surface area contributed by atoms with Gasteiger partial charge in [-0.05, 0) is 39.3 Å². The van der Waals surface area contributed by atoms with Gasteiger partial charge >= 0.3 is 0 Å². The summed E-state index contributed by atoms with van der Waals surface area (Å²) in [5, 5.41) is 6.26. The maximum Gasteiger partial charge on any atom is 0.223 e. The lowest BCUT2D eigenvalue weighted by atomic mass is 10.00. The van der Waals surface area contributed by atoms with Crippen LogP contribution in [-0.2, 0) is 11.3 Å². The molecule has 1 saturated heterocycles. The van der Waals surface area contributed by atoms with Gasteiger partial charge in [0.05, 0.1) is 24.1 Å². The van der Waals surface area contributed by atoms with Crippen molar-refractivity contribution in [3.05, 3.63) is 23.8 Å². The zero-order valence-electron chi connectivity index (χ0n) is 10.8. The van der Waals surface area contributed by atoms with Crippen molar-refractivity contribution < 1.29 is 4.79 Å². The van der Waals surface area contributed by atoms with Crippen molar-refractivity contribution in [3.63, 3.8) is 0 Å². The monoisotopic (exact) mass is 248 g/mol. The van der Waals surface area contributed by atoms with Gasteiger partial charge in [-0.2, -0.15) is 0 Å². The molecule has 1 aromatic heterocycles. The van der Waals surface area contributed by atoms with E-state index in [1.54, 1.807) is 12.4 Å². The van der Waals surface area contributed by atoms with Crippen LogP contribution in [0.15, 0.2) is 12.4 Å². The molecule has 5 heteroatoms. The van der Waals surface area contributed by atoms with E-state index in [4.69, 9.17) is 0 Å². The third-order valence-electron chi connectivity index (χ3n) is 3.22. The summed E-state index contributed by atoms with van der Waals surface area (Å²) in [7, 11) is 0. The second-order valence-electron chi connectivity index (χ2n) is 4.74. The first-order valence-corrected chi connectivity index (χ1v) is 6.51. The van der Waals surface area contributed by atoms with E-state index in [2.05, 4.69) is 20.6 Å². The fraction of sp³-hybridized carbons (Fsp3) is 0.615. The first-order chi connectivity index (χ1) is 8.75. The molecule has 1 atom stereocenters. The molecule has 1 aliphatic rings. The standard InChI is InChI=1S/C13H20N4O/c1-10-7-16-12(8-15-10)9-17-13(18)11-3-2-5-14-6-4-11/h7-8,11,14H,2-6,9H2,1H3,(H,17,18)/t11-/m0/s1. The quantitative estimate of drug-likeness (QED) is 0.830. The summed E-state index contributed by atoms with van der Waals surface area (Å²) < 4.78 is 0. The Morgan fingerprint density at radius 2 is 2.28 bits per heavy atom. The molecule has 2 rings (SSSR count). The fourth-order valence-electron chi connectivity index (χ4n) is 2.11. The fourth-order valence-corrected chi connectivity index (χ4v) is 2.11. The third-order valence-corrected chi connectivity index (χ3v) is 3.22. The van der Waals surface area contributed by atoms with Gasteiger partial charge in [-0.3, -0.25) is 14.8 Å². The summed E-state index contributed by atoms with van der Waals surface area (Å²) in [6.45, 7) is 4.32. The predicted octanol–water partition coefficient (Wildman–Crippen LogP) is 0.791. The number of nitrogens with zero attached hydrogens (tertiary/aromatic N) is 2. The molecule has 0 aliphatic carbocycles. The molecule has 1 fully saturated rings. The molecule has 18 heavy (non-hydrogen) atoms. The summed E-state index contributed by atoms with van der Waals surface area (Å²) >= 11 is 0. The highest BCUT2D eigenvalue weighted by Gasteiger charge is 2.19. The second-order valence-corrected chi connectivity index (χ2v) is 4.74. The molecule has 0 aromatic carbocycles. The lowest BCUT2D eigenvalue weighted by Crippen LogP contribution is -2.31. The van der Waals surface area contributed by atoms with Gasteiger partial charge in [0.25, 0.3) is 0 Å². The highest BCUT2D eigenvalue weighted by atomic mass is 16.1. The molecule has 2 heterocycles. The Labute approximate surface area is 107 Å². The molecular formula is C13H20N4O. The first kappa shape index (κ1) is 13.0. The average Bonchev–Trinajstić information content (AvgIpc) is 2.66. The smallest absolute Gasteiger partial charge is 0.223 e. The molecular weight excluding hydrogens is 228 g/mol. The first-order valence-electron chi connectivity index (χ1n) is 6.51. The maximum atomic E-state index is 12.0. The van der Waals surface area contributed by atoms with Crippen molar-refractivity contribution in [2.24, 2.45) is 5.92 Å². The molecule has 0 radical (unpaired) electrons. The molecule has 2 N–H and O–H groups in total. The number of hydrogen-bond donors (Lipinski definition) is 2. The van der Waals surface area contributed by atoms with Crippen molar-refractivity contribution in [2.75, 3.05) is 13.1 Å². The average molecular weight is 248 g/mol. The zero-order chi connectivity index (χ0) is 12.8. The maximum absolute atomic E-state index is 12.0. The third kappa shape index (κ3) is 3.77. The highest BCUT2D eigenvalue weighted by molar-refractivity contribution is 5.78. The van der Waals surface area contributed by atoms with E-state index >= 15 is 0 Å². The number of rotatable bonds is 3. The van der Waals surface area contributed by atoms with Gasteiger partial charge in [0.15, 0.2) is 0 Å². The Hall–Kier alpha value is -1.49. The number of amides is 1. The molecule has 0 spiro atoms. The second kappa shape index (κ2) is 6.44. The van der Waals surface area contributed by atoms with Gasteiger partial charge in [-0.25, -0.2) is 0 Å². The van der Waals surface area contributed by atoms with E-state index in [1.807, 2.05) is 6.92 Å². The van der Waals surface area contributed by atoms with Gasteiger partial charge in [0.2, 0.25) is 5.91 Å². The normalized spacial score (nSPS) is 20.2. The van der Waals surface area contributed by atoms with Crippen molar-refractivity contribution in [1.82, 2.24) is 20.6 Å². The van der Waals surface area contributed by atoms with Crippen LogP contribution in [0.2, 0.25) is 0 Å². The van der Waals surface area contributed by atoms with E-state index in [-0.39, 0.29) is 11.8 Å². The van der Waals surface area contributed by atoms with Gasteiger partial charge in [-0.15, -0.1) is 0 Å². The van der Waals surface area contributed by atoms with Gasteiger partial charge < -0.3 is 10.6 Å². The Morgan fingerprint density at radius 3 is 3.06 bits per heavy atom. The molecule has 5 nitrogen and oxygen atoms in total. The number of aromatic nitrogens is 2. The van der Waals surface area contributed by atoms with Crippen LogP contribution < -0.4 is 10.6 Å². The molecule has 1 aliphatic heterocycles. The van der Waals surface area contributed by atoms with E-state index in [0.29, 0.717) is 6.54 Å². The molecule has 0 bridgehead atoms. The van der Waals surface area contributed by atoms with Crippen LogP contribution >= 0.6 is 0 Å². The predicted molar refractivity (Wildman–Crippen MR) is 68.8 cm³/mol. The number of carbonyl (C=O) groups is 1. The number of hydrogen-bond acceptors (Lipinski definition) is 4. The van der Waals surface area contributed by atoms with Crippen LogP contribution in [0.5, 0.6) is 0 Å².